The zero-order chi connectivity index (χ0) is 30.3. The predicted molar refractivity (Wildman–Crippen MR) is 158 cm³/mol. The molecule has 0 saturated carbocycles. The molecule has 0 saturated heterocycles. The molecule has 222 valence electrons. The van der Waals surface area contributed by atoms with E-state index in [1.807, 2.05) is 26.0 Å². The number of nitrogens with two attached hydrogens (primary N) is 1. The van der Waals surface area contributed by atoms with Crippen molar-refractivity contribution in [3.63, 3.8) is 0 Å². The van der Waals surface area contributed by atoms with Gasteiger partial charge in [0.2, 0.25) is 11.8 Å². The molecule has 0 bridgehead atoms. The quantitative estimate of drug-likeness (QED) is 0.327. The first-order valence-corrected chi connectivity index (χ1v) is 14.2. The summed E-state index contributed by atoms with van der Waals surface area (Å²) in [6, 6.07) is 11.3. The number of nitrogens with one attached hydrogen (secondary N) is 1. The third kappa shape index (κ3) is 8.33. The maximum absolute atomic E-state index is 14.3. The van der Waals surface area contributed by atoms with E-state index in [-0.39, 0.29) is 36.8 Å². The van der Waals surface area contributed by atoms with Gasteiger partial charge in [0.05, 0.1) is 11.5 Å². The lowest BCUT2D eigenvalue weighted by Crippen LogP contribution is -2.53. The minimum absolute atomic E-state index is 0.0000724. The molecule has 0 heterocycles. The predicted octanol–water partition coefficient (Wildman–Crippen LogP) is 4.70. The van der Waals surface area contributed by atoms with Crippen LogP contribution >= 0.6 is 0 Å². The lowest BCUT2D eigenvalue weighted by atomic mass is 9.63. The number of allylic oxidation sites excluding steroid dienone is 2. The topological polar surface area (TPSA) is 95.7 Å². The largest absolute Gasteiger partial charge is 0.391 e. The Balaban J connectivity index is 2.05. The Morgan fingerprint density at radius 3 is 2.37 bits per heavy atom. The van der Waals surface area contributed by atoms with Gasteiger partial charge in [-0.25, -0.2) is 8.78 Å². The van der Waals surface area contributed by atoms with Crippen LogP contribution in [0.1, 0.15) is 50.8 Å². The molecule has 0 fully saturated rings. The maximum Gasteiger partial charge on any atom is 0.244 e. The van der Waals surface area contributed by atoms with Gasteiger partial charge in [0, 0.05) is 44.2 Å². The minimum atomic E-state index is -1.38. The van der Waals surface area contributed by atoms with Gasteiger partial charge in [0.25, 0.3) is 0 Å². The van der Waals surface area contributed by atoms with Gasteiger partial charge in [0.15, 0.2) is 0 Å². The van der Waals surface area contributed by atoms with Gasteiger partial charge in [-0.15, -0.1) is 0 Å². The number of halogens is 2. The van der Waals surface area contributed by atoms with E-state index in [0.717, 1.165) is 18.1 Å². The van der Waals surface area contributed by atoms with Crippen molar-refractivity contribution >= 4 is 11.8 Å². The molecular weight excluding hydrogens is 524 g/mol. The number of hydrogen-bond acceptors (Lipinski definition) is 4. The van der Waals surface area contributed by atoms with Gasteiger partial charge < -0.3 is 21.1 Å². The van der Waals surface area contributed by atoms with Crippen molar-refractivity contribution in [2.75, 3.05) is 20.1 Å². The number of carbonyl (C=O) groups excluding carboxylic acids is 2. The summed E-state index contributed by atoms with van der Waals surface area (Å²) < 4.78 is 28.5. The summed E-state index contributed by atoms with van der Waals surface area (Å²) >= 11 is 0. The van der Waals surface area contributed by atoms with Crippen LogP contribution in [-0.2, 0) is 29.0 Å². The van der Waals surface area contributed by atoms with Crippen LogP contribution in [0.15, 0.2) is 65.8 Å². The SMILES string of the molecule is CCc1cccc(CNC[C@H](O)[C@@H](Cc2cc(F)cc(F)c2)C2(C(=O)N(C)CC(C)C)C=C(C)C=C(C(N)=O)C2)c1. The van der Waals surface area contributed by atoms with Crippen LogP contribution in [0.4, 0.5) is 8.78 Å². The average Bonchev–Trinajstić information content (AvgIpc) is 2.90. The number of hydrogen-bond donors (Lipinski definition) is 3. The number of aliphatic hydroxyl groups is 1. The van der Waals surface area contributed by atoms with Gasteiger partial charge in [-0.05, 0) is 60.9 Å². The second-order valence-corrected chi connectivity index (χ2v) is 11.7. The van der Waals surface area contributed by atoms with Gasteiger partial charge in [-0.3, -0.25) is 9.59 Å². The molecule has 0 aliphatic heterocycles. The highest BCUT2D eigenvalue weighted by Crippen LogP contribution is 2.45. The van der Waals surface area contributed by atoms with Crippen LogP contribution < -0.4 is 11.1 Å². The van der Waals surface area contributed by atoms with E-state index in [0.29, 0.717) is 24.2 Å². The number of amides is 2. The molecule has 0 spiro atoms. The first-order valence-electron chi connectivity index (χ1n) is 14.2. The highest BCUT2D eigenvalue weighted by atomic mass is 19.1. The Kier molecular flexibility index (Phi) is 11.0. The zero-order valence-corrected chi connectivity index (χ0v) is 24.7. The van der Waals surface area contributed by atoms with E-state index in [9.17, 15) is 23.5 Å². The normalized spacial score (nSPS) is 18.5. The first-order chi connectivity index (χ1) is 19.3. The zero-order valence-electron chi connectivity index (χ0n) is 24.7. The van der Waals surface area contributed by atoms with E-state index in [2.05, 4.69) is 24.4 Å². The average molecular weight is 568 g/mol. The van der Waals surface area contributed by atoms with E-state index < -0.39 is 35.0 Å². The number of rotatable bonds is 13. The fraction of sp³-hybridized carbons (Fsp3) is 0.455. The molecule has 1 aliphatic carbocycles. The van der Waals surface area contributed by atoms with Gasteiger partial charge >= 0.3 is 0 Å². The minimum Gasteiger partial charge on any atom is -0.391 e. The lowest BCUT2D eigenvalue weighted by Gasteiger charge is -2.44. The standard InChI is InChI=1S/C33H43F2N3O3/c1-6-23-8-7-9-24(11-23)18-37-19-30(39)29(14-25-12-27(34)15-28(35)13-25)33(32(41)38(5)20-21(2)3)16-22(4)10-26(17-33)31(36)40/h7-13,15-16,21,29-30,37,39H,6,14,17-20H2,1-5H3,(H2,36,40)/t29-,30+,33?/m1/s1. The van der Waals surface area contributed by atoms with E-state index in [4.69, 9.17) is 5.73 Å². The van der Waals surface area contributed by atoms with Crippen molar-refractivity contribution in [2.45, 2.75) is 59.6 Å². The third-order valence-corrected chi connectivity index (χ3v) is 7.66. The van der Waals surface area contributed by atoms with Crippen molar-refractivity contribution in [3.05, 3.63) is 94.1 Å². The van der Waals surface area contributed by atoms with Gasteiger partial charge in [0.1, 0.15) is 11.6 Å². The molecule has 4 N–H and O–H groups in total. The second kappa shape index (κ2) is 14.0. The van der Waals surface area contributed by atoms with Gasteiger partial charge in [-0.1, -0.05) is 62.8 Å². The molecule has 8 heteroatoms. The number of aliphatic hydroxyl groups excluding tert-OH is 1. The van der Waals surface area contributed by atoms with Crippen LogP contribution in [0.5, 0.6) is 0 Å². The first kappa shape index (κ1) is 32.2. The number of benzene rings is 2. The van der Waals surface area contributed by atoms with Crippen LogP contribution in [0.25, 0.3) is 0 Å². The molecule has 41 heavy (non-hydrogen) atoms. The van der Waals surface area contributed by atoms with Crippen molar-refractivity contribution in [1.82, 2.24) is 10.2 Å². The molecule has 0 aromatic heterocycles. The summed E-state index contributed by atoms with van der Waals surface area (Å²) in [4.78, 5) is 28.3. The summed E-state index contributed by atoms with van der Waals surface area (Å²) in [7, 11) is 1.69. The Hall–Kier alpha value is -3.36. The van der Waals surface area contributed by atoms with Crippen LogP contribution in [-0.4, -0.2) is 48.1 Å². The number of nitrogens with zero attached hydrogens (tertiary/aromatic N) is 1. The lowest BCUT2D eigenvalue weighted by molar-refractivity contribution is -0.144. The Bertz CT molecular complexity index is 1290. The monoisotopic (exact) mass is 567 g/mol. The molecule has 3 atom stereocenters. The van der Waals surface area contributed by atoms with Crippen LogP contribution in [0, 0.1) is 28.9 Å². The number of primary amides is 1. The maximum atomic E-state index is 14.3. The highest BCUT2D eigenvalue weighted by molar-refractivity contribution is 5.96. The van der Waals surface area contributed by atoms with E-state index in [1.54, 1.807) is 31.0 Å². The molecule has 1 unspecified atom stereocenters. The summed E-state index contributed by atoms with van der Waals surface area (Å²) in [5.41, 5.74) is 7.81. The Morgan fingerprint density at radius 2 is 1.76 bits per heavy atom. The smallest absolute Gasteiger partial charge is 0.244 e. The van der Waals surface area contributed by atoms with Crippen LogP contribution in [0.3, 0.4) is 0 Å². The summed E-state index contributed by atoms with van der Waals surface area (Å²) in [5.74, 6) is -3.09. The number of carbonyl (C=O) groups is 2. The molecule has 2 amide bonds. The molecule has 3 rings (SSSR count). The summed E-state index contributed by atoms with van der Waals surface area (Å²) in [5, 5.41) is 15.0. The van der Waals surface area contributed by atoms with Crippen molar-refractivity contribution in [2.24, 2.45) is 23.0 Å². The number of aryl methyl sites for hydroxylation is 1. The van der Waals surface area contributed by atoms with E-state index in [1.165, 1.54) is 17.7 Å². The molecule has 2 aromatic carbocycles. The fourth-order valence-corrected chi connectivity index (χ4v) is 5.93. The highest BCUT2D eigenvalue weighted by Gasteiger charge is 2.50. The summed E-state index contributed by atoms with van der Waals surface area (Å²) in [6.07, 6.45) is 3.20. The molecule has 6 nitrogen and oxygen atoms in total. The van der Waals surface area contributed by atoms with Crippen molar-refractivity contribution < 1.29 is 23.5 Å². The second-order valence-electron chi connectivity index (χ2n) is 11.7. The van der Waals surface area contributed by atoms with Crippen LogP contribution in [0.2, 0.25) is 0 Å². The molecular formula is C33H43F2N3O3. The Labute approximate surface area is 242 Å². The van der Waals surface area contributed by atoms with E-state index >= 15 is 0 Å². The third-order valence-electron chi connectivity index (χ3n) is 7.66. The molecule has 1 aliphatic rings. The molecule has 2 aromatic rings. The van der Waals surface area contributed by atoms with Crippen molar-refractivity contribution in [1.29, 1.82) is 0 Å². The fourth-order valence-electron chi connectivity index (χ4n) is 5.93. The molecule has 0 radical (unpaired) electrons. The summed E-state index contributed by atoms with van der Waals surface area (Å²) in [6.45, 7) is 8.89. The Morgan fingerprint density at radius 1 is 1.10 bits per heavy atom. The van der Waals surface area contributed by atoms with Gasteiger partial charge in [-0.2, -0.15) is 0 Å². The van der Waals surface area contributed by atoms with Crippen molar-refractivity contribution in [3.8, 4) is 0 Å².